The Labute approximate surface area is 571 Å². The summed E-state index contributed by atoms with van der Waals surface area (Å²) < 4.78 is 0. The smallest absolute Gasteiger partial charge is 0.252 e. The van der Waals surface area contributed by atoms with Crippen LogP contribution in [0.15, 0.2) is 182 Å². The average Bonchev–Trinajstić information content (AvgIpc) is 1.64. The van der Waals surface area contributed by atoms with Crippen LogP contribution < -0.4 is 36.0 Å². The molecule has 4 nitrogen and oxygen atoms in total. The summed E-state index contributed by atoms with van der Waals surface area (Å²) in [6.07, 6.45) is 9.30. The highest BCUT2D eigenvalue weighted by molar-refractivity contribution is 7.00. The molecular weight excluding hydrogens is 1150 g/mol. The summed E-state index contributed by atoms with van der Waals surface area (Å²) in [6, 6.07) is 73.2. The largest absolute Gasteiger partial charge is 0.334 e. The Morgan fingerprint density at radius 3 is 1.45 bits per heavy atom. The quantitative estimate of drug-likeness (QED) is 0.147. The summed E-state index contributed by atoms with van der Waals surface area (Å²) in [5.41, 5.74) is 31.0. The third kappa shape index (κ3) is 9.93. The van der Waals surface area contributed by atoms with Crippen molar-refractivity contribution in [3.63, 3.8) is 0 Å². The van der Waals surface area contributed by atoms with E-state index in [1.54, 1.807) is 0 Å². The molecule has 0 N–H and O–H groups in total. The molecular formula is C90H103BN4. The van der Waals surface area contributed by atoms with E-state index >= 15 is 0 Å². The minimum atomic E-state index is -0.192. The molecule has 95 heavy (non-hydrogen) atoms. The molecule has 1 fully saturated rings. The molecule has 486 valence electrons. The van der Waals surface area contributed by atoms with Gasteiger partial charge in [-0.05, 0) is 235 Å². The number of benzene rings is 9. The first-order valence-corrected chi connectivity index (χ1v) is 36.1. The van der Waals surface area contributed by atoms with Gasteiger partial charge in [0.15, 0.2) is 0 Å². The average molecular weight is 1250 g/mol. The molecule has 9 aromatic carbocycles. The van der Waals surface area contributed by atoms with Crippen molar-refractivity contribution in [1.29, 1.82) is 0 Å². The zero-order chi connectivity index (χ0) is 67.1. The van der Waals surface area contributed by atoms with Crippen molar-refractivity contribution >= 4 is 85.7 Å². The summed E-state index contributed by atoms with van der Waals surface area (Å²) in [4.78, 5) is 10.9. The highest BCUT2D eigenvalue weighted by atomic mass is 15.3. The molecule has 0 aromatic heterocycles. The van der Waals surface area contributed by atoms with Crippen LogP contribution in [0.2, 0.25) is 0 Å². The fraction of sp³-hybridized carbons (Fsp3) is 0.400. The van der Waals surface area contributed by atoms with E-state index in [-0.39, 0.29) is 55.6 Å². The molecule has 0 spiro atoms. The van der Waals surface area contributed by atoms with Gasteiger partial charge in [-0.15, -0.1) is 0 Å². The van der Waals surface area contributed by atoms with E-state index in [4.69, 9.17) is 0 Å². The van der Waals surface area contributed by atoms with Gasteiger partial charge in [0, 0.05) is 67.9 Å². The third-order valence-corrected chi connectivity index (χ3v) is 24.8. The maximum atomic E-state index is 2.85. The minimum absolute atomic E-state index is 0.00179. The molecule has 15 rings (SSSR count). The van der Waals surface area contributed by atoms with Gasteiger partial charge < -0.3 is 19.6 Å². The zero-order valence-electron chi connectivity index (χ0n) is 60.8. The fourth-order valence-electron chi connectivity index (χ4n) is 18.4. The van der Waals surface area contributed by atoms with E-state index in [0.717, 1.165) is 49.2 Å². The minimum Gasteiger partial charge on any atom is -0.334 e. The molecule has 3 heterocycles. The summed E-state index contributed by atoms with van der Waals surface area (Å²) in [5, 5.41) is 0. The lowest BCUT2D eigenvalue weighted by Crippen LogP contribution is -2.62. The van der Waals surface area contributed by atoms with Gasteiger partial charge in [0.1, 0.15) is 0 Å². The van der Waals surface area contributed by atoms with E-state index in [1.165, 1.54) is 137 Å². The van der Waals surface area contributed by atoms with Gasteiger partial charge in [0.25, 0.3) is 6.71 Å². The lowest BCUT2D eigenvalue weighted by Gasteiger charge is -2.51. The van der Waals surface area contributed by atoms with Gasteiger partial charge in [-0.3, -0.25) is 0 Å². The molecule has 3 aliphatic carbocycles. The Morgan fingerprint density at radius 1 is 0.347 bits per heavy atom. The molecule has 0 saturated heterocycles. The van der Waals surface area contributed by atoms with Crippen molar-refractivity contribution in [2.45, 2.75) is 232 Å². The molecule has 6 aliphatic rings. The van der Waals surface area contributed by atoms with Gasteiger partial charge in [-0.2, -0.15) is 0 Å². The summed E-state index contributed by atoms with van der Waals surface area (Å²) >= 11 is 0. The molecule has 0 amide bonds. The molecule has 5 heteroatoms. The van der Waals surface area contributed by atoms with E-state index in [0.29, 0.717) is 0 Å². The predicted molar refractivity (Wildman–Crippen MR) is 410 cm³/mol. The van der Waals surface area contributed by atoms with Crippen molar-refractivity contribution < 1.29 is 0 Å². The van der Waals surface area contributed by atoms with E-state index in [2.05, 4.69) is 333 Å². The second-order valence-electron chi connectivity index (χ2n) is 35.9. The van der Waals surface area contributed by atoms with Crippen LogP contribution in [0.25, 0.3) is 11.1 Å². The summed E-state index contributed by atoms with van der Waals surface area (Å²) in [6.45, 7) is 46.2. The van der Waals surface area contributed by atoms with Crippen molar-refractivity contribution in [2.75, 3.05) is 19.6 Å². The standard InChI is InChI=1S/C90H103BN4/c1-82(2,3)59-31-36-62(37-32-59)92(63-38-33-60(34-39-63)83(4,5)6)65-41-43-73-77(53-65)94(75-44-35-61(84(7,8)9)51-67(75)58-27-21-20-22-28-58)80-55-66(95-76-30-24-23-29-69(76)89(18)45-25-26-46-90(89,95)19)54-79-81(80)91(73)74-56-71-72(88(16,17)50-49-87(71,14)15)57-78(74)93(79)64-40-42-68-70(52-64)86(12,13)48-47-85(68,10)11/h20-24,27-44,51-57H,25-26,45-50H2,1-19H3. The highest BCUT2D eigenvalue weighted by Gasteiger charge is 2.58. The zero-order valence-corrected chi connectivity index (χ0v) is 60.8. The molecule has 3 aliphatic heterocycles. The van der Waals surface area contributed by atoms with E-state index < -0.39 is 0 Å². The Bertz CT molecular complexity index is 4480. The molecule has 0 radical (unpaired) electrons. The lowest BCUT2D eigenvalue weighted by molar-refractivity contribution is 0.195. The predicted octanol–water partition coefficient (Wildman–Crippen LogP) is 23.2. The highest BCUT2D eigenvalue weighted by Crippen LogP contribution is 2.63. The number of hydrogen-bond acceptors (Lipinski definition) is 4. The molecule has 2 unspecified atom stereocenters. The van der Waals surface area contributed by atoms with E-state index in [1.807, 2.05) is 0 Å². The Balaban J connectivity index is 1.10. The van der Waals surface area contributed by atoms with Crippen molar-refractivity contribution in [3.8, 4) is 11.1 Å². The topological polar surface area (TPSA) is 13.0 Å². The van der Waals surface area contributed by atoms with Crippen molar-refractivity contribution in [3.05, 3.63) is 226 Å². The number of fused-ring (bicyclic) bond motifs is 9. The third-order valence-electron chi connectivity index (χ3n) is 24.8. The first-order valence-electron chi connectivity index (χ1n) is 36.1. The number of nitrogens with zero attached hydrogens (tertiary/aromatic N) is 4. The van der Waals surface area contributed by atoms with Gasteiger partial charge in [0.05, 0.1) is 11.2 Å². The Kier molecular flexibility index (Phi) is 14.2. The Morgan fingerprint density at radius 2 is 0.853 bits per heavy atom. The molecule has 9 aromatic rings. The second-order valence-corrected chi connectivity index (χ2v) is 35.9. The maximum absolute atomic E-state index is 2.85. The van der Waals surface area contributed by atoms with Gasteiger partial charge in [-0.1, -0.05) is 235 Å². The molecule has 0 bridgehead atoms. The number of anilines is 11. The van der Waals surface area contributed by atoms with Crippen LogP contribution in [0.4, 0.5) is 62.6 Å². The SMILES string of the molecule is CC(C)(C)c1ccc(N(c2ccc(C(C)(C)C)cc2)c2ccc3c(c2)N(c2ccc(C(C)(C)C)cc2-c2ccccc2)c2cc(N4c5ccccc5C5(C)CCCCC45C)cc4c2B3c2cc3c(cc2N4c2ccc4c(c2)C(C)(C)CCC4(C)C)C(C)(C)CCC3(C)C)cc1. The van der Waals surface area contributed by atoms with Crippen molar-refractivity contribution in [2.24, 2.45) is 0 Å². The lowest BCUT2D eigenvalue weighted by atomic mass is 9.33. The maximum Gasteiger partial charge on any atom is 0.252 e. The van der Waals surface area contributed by atoms with Crippen LogP contribution in [0, 0.1) is 0 Å². The van der Waals surface area contributed by atoms with E-state index in [9.17, 15) is 0 Å². The van der Waals surface area contributed by atoms with Gasteiger partial charge in [-0.25, -0.2) is 0 Å². The molecule has 1 saturated carbocycles. The van der Waals surface area contributed by atoms with Crippen LogP contribution in [0.1, 0.15) is 227 Å². The fourth-order valence-corrected chi connectivity index (χ4v) is 18.4. The number of rotatable bonds is 7. The van der Waals surface area contributed by atoms with Crippen LogP contribution >= 0.6 is 0 Å². The van der Waals surface area contributed by atoms with Crippen LogP contribution in [-0.4, -0.2) is 12.3 Å². The van der Waals surface area contributed by atoms with Crippen LogP contribution in [0.3, 0.4) is 0 Å². The first-order chi connectivity index (χ1) is 44.7. The van der Waals surface area contributed by atoms with Crippen LogP contribution in [0.5, 0.6) is 0 Å². The van der Waals surface area contributed by atoms with Gasteiger partial charge in [0.2, 0.25) is 0 Å². The number of hydrogen-bond donors (Lipinski definition) is 0. The van der Waals surface area contributed by atoms with Gasteiger partial charge >= 0.3 is 0 Å². The summed E-state index contributed by atoms with van der Waals surface area (Å²) in [7, 11) is 0. The Hall–Kier alpha value is -7.76. The number of para-hydroxylation sites is 1. The molecule has 2 atom stereocenters. The van der Waals surface area contributed by atoms with Crippen LogP contribution in [-0.2, 0) is 43.3 Å². The summed E-state index contributed by atoms with van der Waals surface area (Å²) in [5.74, 6) is 0. The first kappa shape index (κ1) is 63.3. The monoisotopic (exact) mass is 1250 g/mol. The van der Waals surface area contributed by atoms with Crippen molar-refractivity contribution in [1.82, 2.24) is 0 Å². The second kappa shape index (κ2) is 21.4. The normalized spacial score (nSPS) is 21.0.